The molecule has 0 atom stereocenters. The number of pyridine rings is 1. The molecule has 2 heterocycles. The number of halogens is 1. The zero-order valence-electron chi connectivity index (χ0n) is 10.6. The van der Waals surface area contributed by atoms with Crippen molar-refractivity contribution in [3.63, 3.8) is 0 Å². The molecule has 0 fully saturated rings. The van der Waals surface area contributed by atoms with E-state index < -0.39 is 0 Å². The van der Waals surface area contributed by atoms with Crippen LogP contribution in [0, 0.1) is 0 Å². The summed E-state index contributed by atoms with van der Waals surface area (Å²) in [4.78, 5) is 13.0. The highest BCUT2D eigenvalue weighted by Crippen LogP contribution is 2.19. The molecule has 4 heteroatoms. The summed E-state index contributed by atoms with van der Waals surface area (Å²) in [5, 5.41) is 0. The SMILES string of the molecule is CC(C)c1nc(Cc2ccncc2)ncc1CCl. The van der Waals surface area contributed by atoms with Crippen LogP contribution in [0.4, 0.5) is 0 Å². The summed E-state index contributed by atoms with van der Waals surface area (Å²) in [6.07, 6.45) is 6.13. The number of alkyl halides is 1. The summed E-state index contributed by atoms with van der Waals surface area (Å²) in [5.41, 5.74) is 3.23. The van der Waals surface area contributed by atoms with Gasteiger partial charge in [-0.2, -0.15) is 0 Å². The number of aromatic nitrogens is 3. The van der Waals surface area contributed by atoms with Crippen molar-refractivity contribution in [2.75, 3.05) is 0 Å². The molecule has 94 valence electrons. The third-order valence-electron chi connectivity index (χ3n) is 2.75. The van der Waals surface area contributed by atoms with E-state index in [1.54, 1.807) is 12.4 Å². The Balaban J connectivity index is 2.27. The van der Waals surface area contributed by atoms with E-state index in [1.807, 2.05) is 18.3 Å². The van der Waals surface area contributed by atoms with Crippen molar-refractivity contribution in [3.05, 3.63) is 53.4 Å². The molecular formula is C14H16ClN3. The predicted molar refractivity (Wildman–Crippen MR) is 72.7 cm³/mol. The Hall–Kier alpha value is -1.48. The molecule has 0 N–H and O–H groups in total. The van der Waals surface area contributed by atoms with E-state index in [-0.39, 0.29) is 0 Å². The number of hydrogen-bond acceptors (Lipinski definition) is 3. The Labute approximate surface area is 112 Å². The van der Waals surface area contributed by atoms with Gasteiger partial charge in [-0.15, -0.1) is 11.6 Å². The van der Waals surface area contributed by atoms with Gasteiger partial charge in [0.05, 0.1) is 11.6 Å². The van der Waals surface area contributed by atoms with E-state index in [0.29, 0.717) is 11.8 Å². The molecule has 0 amide bonds. The Morgan fingerprint density at radius 1 is 1.22 bits per heavy atom. The molecule has 3 nitrogen and oxygen atoms in total. The Morgan fingerprint density at radius 2 is 1.94 bits per heavy atom. The molecule has 0 aliphatic rings. The molecule has 0 aliphatic carbocycles. The van der Waals surface area contributed by atoms with E-state index in [1.165, 1.54) is 5.56 Å². The lowest BCUT2D eigenvalue weighted by molar-refractivity contribution is 0.776. The fourth-order valence-corrected chi connectivity index (χ4v) is 2.04. The van der Waals surface area contributed by atoms with Gasteiger partial charge in [0.25, 0.3) is 0 Å². The third kappa shape index (κ3) is 3.05. The van der Waals surface area contributed by atoms with Crippen LogP contribution in [0.3, 0.4) is 0 Å². The summed E-state index contributed by atoms with van der Waals surface area (Å²) < 4.78 is 0. The predicted octanol–water partition coefficient (Wildman–Crippen LogP) is 3.32. The molecule has 0 saturated heterocycles. The molecule has 2 rings (SSSR count). The fraction of sp³-hybridized carbons (Fsp3) is 0.357. The Morgan fingerprint density at radius 3 is 2.56 bits per heavy atom. The van der Waals surface area contributed by atoms with Crippen LogP contribution < -0.4 is 0 Å². The molecule has 2 aromatic heterocycles. The first-order valence-corrected chi connectivity index (χ1v) is 6.53. The van der Waals surface area contributed by atoms with Crippen molar-refractivity contribution in [1.82, 2.24) is 15.0 Å². The Bertz CT molecular complexity index is 512. The lowest BCUT2D eigenvalue weighted by atomic mass is 10.1. The van der Waals surface area contributed by atoms with E-state index in [0.717, 1.165) is 23.5 Å². The first-order valence-electron chi connectivity index (χ1n) is 6.00. The third-order valence-corrected chi connectivity index (χ3v) is 3.04. The summed E-state index contributed by atoms with van der Waals surface area (Å²) in [5.74, 6) is 1.65. The lowest BCUT2D eigenvalue weighted by Crippen LogP contribution is -2.05. The van der Waals surface area contributed by atoms with Crippen molar-refractivity contribution >= 4 is 11.6 Å². The van der Waals surface area contributed by atoms with Gasteiger partial charge < -0.3 is 0 Å². The molecular weight excluding hydrogens is 246 g/mol. The topological polar surface area (TPSA) is 38.7 Å². The average molecular weight is 262 g/mol. The first-order chi connectivity index (χ1) is 8.70. The second-order valence-electron chi connectivity index (χ2n) is 4.52. The van der Waals surface area contributed by atoms with Gasteiger partial charge in [-0.1, -0.05) is 13.8 Å². The Kier molecular flexibility index (Phi) is 4.26. The number of nitrogens with zero attached hydrogens (tertiary/aromatic N) is 3. The van der Waals surface area contributed by atoms with Crippen LogP contribution in [-0.4, -0.2) is 15.0 Å². The van der Waals surface area contributed by atoms with E-state index in [4.69, 9.17) is 11.6 Å². The molecule has 0 radical (unpaired) electrons. The highest BCUT2D eigenvalue weighted by atomic mass is 35.5. The second kappa shape index (κ2) is 5.91. The monoisotopic (exact) mass is 261 g/mol. The maximum absolute atomic E-state index is 5.90. The molecule has 0 aromatic carbocycles. The maximum Gasteiger partial charge on any atom is 0.132 e. The minimum Gasteiger partial charge on any atom is -0.265 e. The van der Waals surface area contributed by atoms with E-state index in [2.05, 4.69) is 28.8 Å². The van der Waals surface area contributed by atoms with Gasteiger partial charge in [-0.3, -0.25) is 4.98 Å². The quantitative estimate of drug-likeness (QED) is 0.793. The molecule has 0 bridgehead atoms. The molecule has 0 saturated carbocycles. The number of hydrogen-bond donors (Lipinski definition) is 0. The summed E-state index contributed by atoms with van der Waals surface area (Å²) in [7, 11) is 0. The normalized spacial score (nSPS) is 10.9. The van der Waals surface area contributed by atoms with Crippen LogP contribution in [0.15, 0.2) is 30.7 Å². The van der Waals surface area contributed by atoms with Gasteiger partial charge in [-0.25, -0.2) is 9.97 Å². The molecule has 0 unspecified atom stereocenters. The van der Waals surface area contributed by atoms with Crippen LogP contribution in [-0.2, 0) is 12.3 Å². The van der Waals surface area contributed by atoms with Crippen LogP contribution >= 0.6 is 11.6 Å². The van der Waals surface area contributed by atoms with Crippen molar-refractivity contribution in [2.24, 2.45) is 0 Å². The van der Waals surface area contributed by atoms with Gasteiger partial charge in [-0.05, 0) is 23.6 Å². The van der Waals surface area contributed by atoms with Crippen molar-refractivity contribution in [3.8, 4) is 0 Å². The van der Waals surface area contributed by atoms with Crippen molar-refractivity contribution in [1.29, 1.82) is 0 Å². The largest absolute Gasteiger partial charge is 0.265 e. The fourth-order valence-electron chi connectivity index (χ4n) is 1.83. The molecule has 0 spiro atoms. The highest BCUT2D eigenvalue weighted by molar-refractivity contribution is 6.17. The minimum atomic E-state index is 0.359. The zero-order chi connectivity index (χ0) is 13.0. The standard InChI is InChI=1S/C14H16ClN3/c1-10(2)14-12(8-15)9-17-13(18-14)7-11-3-5-16-6-4-11/h3-6,9-10H,7-8H2,1-2H3. The maximum atomic E-state index is 5.90. The zero-order valence-corrected chi connectivity index (χ0v) is 11.4. The van der Waals surface area contributed by atoms with Gasteiger partial charge in [0.1, 0.15) is 5.82 Å². The van der Waals surface area contributed by atoms with Gasteiger partial charge >= 0.3 is 0 Å². The van der Waals surface area contributed by atoms with Crippen molar-refractivity contribution < 1.29 is 0 Å². The smallest absolute Gasteiger partial charge is 0.132 e. The summed E-state index contributed by atoms with van der Waals surface area (Å²) >= 11 is 5.90. The average Bonchev–Trinajstić information content (AvgIpc) is 2.40. The van der Waals surface area contributed by atoms with Gasteiger partial charge in [0, 0.05) is 30.6 Å². The van der Waals surface area contributed by atoms with Crippen molar-refractivity contribution in [2.45, 2.75) is 32.1 Å². The molecule has 2 aromatic rings. The second-order valence-corrected chi connectivity index (χ2v) is 4.78. The van der Waals surface area contributed by atoms with Gasteiger partial charge in [0.15, 0.2) is 0 Å². The summed E-state index contributed by atoms with van der Waals surface area (Å²) in [6.45, 7) is 4.24. The molecule has 0 aliphatic heterocycles. The lowest BCUT2D eigenvalue weighted by Gasteiger charge is -2.11. The van der Waals surface area contributed by atoms with Gasteiger partial charge in [0.2, 0.25) is 0 Å². The first kappa shape index (κ1) is 13.0. The highest BCUT2D eigenvalue weighted by Gasteiger charge is 2.10. The number of rotatable bonds is 4. The van der Waals surface area contributed by atoms with Crippen LogP contribution in [0.2, 0.25) is 0 Å². The van der Waals surface area contributed by atoms with E-state index >= 15 is 0 Å². The van der Waals surface area contributed by atoms with Crippen LogP contribution in [0.1, 0.15) is 42.4 Å². The van der Waals surface area contributed by atoms with Crippen LogP contribution in [0.25, 0.3) is 0 Å². The summed E-state index contributed by atoms with van der Waals surface area (Å²) in [6, 6.07) is 3.96. The molecule has 18 heavy (non-hydrogen) atoms. The minimum absolute atomic E-state index is 0.359. The van der Waals surface area contributed by atoms with E-state index in [9.17, 15) is 0 Å². The van der Waals surface area contributed by atoms with Crippen LogP contribution in [0.5, 0.6) is 0 Å².